The van der Waals surface area contributed by atoms with Gasteiger partial charge < -0.3 is 20.1 Å². The molecule has 162 valence electrons. The highest BCUT2D eigenvalue weighted by Gasteiger charge is 2.28. The van der Waals surface area contributed by atoms with Crippen LogP contribution in [0.4, 0.5) is 5.69 Å². The van der Waals surface area contributed by atoms with E-state index in [0.717, 1.165) is 80.1 Å². The number of fused-ring (bicyclic) bond motifs is 1. The minimum Gasteiger partial charge on any atom is -0.368 e. The van der Waals surface area contributed by atoms with Gasteiger partial charge in [-0.2, -0.15) is 0 Å². The highest BCUT2D eigenvalue weighted by molar-refractivity contribution is 6.33. The number of piperidine rings is 1. The van der Waals surface area contributed by atoms with Gasteiger partial charge in [0.05, 0.1) is 22.1 Å². The average molecular weight is 458 g/mol. The summed E-state index contributed by atoms with van der Waals surface area (Å²) >= 11 is 12.6. The van der Waals surface area contributed by atoms with Crippen LogP contribution in [-0.4, -0.2) is 59.5 Å². The maximum Gasteiger partial charge on any atom is 0.239 e. The van der Waals surface area contributed by atoms with Crippen LogP contribution in [0.15, 0.2) is 36.4 Å². The fourth-order valence-electron chi connectivity index (χ4n) is 4.47. The summed E-state index contributed by atoms with van der Waals surface area (Å²) in [6.45, 7) is 4.01. The van der Waals surface area contributed by atoms with E-state index in [1.165, 1.54) is 0 Å². The molecule has 0 saturated carbocycles. The van der Waals surface area contributed by atoms with Gasteiger partial charge in [-0.1, -0.05) is 29.6 Å². The van der Waals surface area contributed by atoms with Crippen LogP contribution in [0, 0.1) is 0 Å². The Morgan fingerprint density at radius 1 is 1.03 bits per heavy atom. The minimum atomic E-state index is -0.0102. The molecule has 5 rings (SSSR count). The third kappa shape index (κ3) is 4.25. The third-order valence-electron chi connectivity index (χ3n) is 6.21. The first-order valence-electron chi connectivity index (χ1n) is 10.8. The number of anilines is 1. The van der Waals surface area contributed by atoms with Gasteiger partial charge in [-0.15, -0.1) is 0 Å². The molecule has 0 unspecified atom stereocenters. The number of hydrogen-bond donors (Lipinski definition) is 2. The standard InChI is InChI=1S/C23H25Cl2N5O/c24-15-4-7-19-21(13-15)28-22(27-19)17-14-16(5-6-18(17)25)29-9-11-30(12-10-29)23(31)20-3-1-2-8-26-20/h4-7,13-14,20,26H,1-3,8-12H2,(H,27,28)/t20-/m0/s1. The Balaban J connectivity index is 1.32. The number of amides is 1. The number of carbonyl (C=O) groups is 1. The fraction of sp³-hybridized carbons (Fsp3) is 0.391. The number of hydrogen-bond acceptors (Lipinski definition) is 4. The van der Waals surface area contributed by atoms with Crippen LogP contribution in [-0.2, 0) is 4.79 Å². The quantitative estimate of drug-likeness (QED) is 0.614. The molecule has 3 heterocycles. The van der Waals surface area contributed by atoms with Crippen molar-refractivity contribution < 1.29 is 4.79 Å². The van der Waals surface area contributed by atoms with Gasteiger partial charge in [-0.25, -0.2) is 4.98 Å². The molecule has 3 aromatic rings. The summed E-state index contributed by atoms with van der Waals surface area (Å²) in [7, 11) is 0. The van der Waals surface area contributed by atoms with Crippen molar-refractivity contribution in [1.29, 1.82) is 0 Å². The smallest absolute Gasteiger partial charge is 0.239 e. The Hall–Kier alpha value is -2.28. The van der Waals surface area contributed by atoms with E-state index in [0.29, 0.717) is 10.0 Å². The molecule has 8 heteroatoms. The Bertz CT molecular complexity index is 1100. The highest BCUT2D eigenvalue weighted by Crippen LogP contribution is 2.32. The lowest BCUT2D eigenvalue weighted by Crippen LogP contribution is -2.55. The van der Waals surface area contributed by atoms with Crippen molar-refractivity contribution >= 4 is 45.8 Å². The molecule has 0 spiro atoms. The number of nitrogens with zero attached hydrogens (tertiary/aromatic N) is 3. The van der Waals surface area contributed by atoms with E-state index in [-0.39, 0.29) is 11.9 Å². The van der Waals surface area contributed by atoms with Gasteiger partial charge in [-0.05, 0) is 55.8 Å². The lowest BCUT2D eigenvalue weighted by molar-refractivity contribution is -0.134. The largest absolute Gasteiger partial charge is 0.368 e. The zero-order chi connectivity index (χ0) is 21.4. The van der Waals surface area contributed by atoms with Crippen LogP contribution in [0.25, 0.3) is 22.4 Å². The molecule has 6 nitrogen and oxygen atoms in total. The number of benzene rings is 2. The number of H-pyrrole nitrogens is 1. The number of rotatable bonds is 3. The minimum absolute atomic E-state index is 0.0102. The summed E-state index contributed by atoms with van der Waals surface area (Å²) in [6.07, 6.45) is 3.24. The predicted octanol–water partition coefficient (Wildman–Crippen LogP) is 4.33. The van der Waals surface area contributed by atoms with Gasteiger partial charge in [0, 0.05) is 42.5 Å². The summed E-state index contributed by atoms with van der Waals surface area (Å²) in [5.74, 6) is 0.971. The summed E-state index contributed by atoms with van der Waals surface area (Å²) < 4.78 is 0. The van der Waals surface area contributed by atoms with Gasteiger partial charge in [0.15, 0.2) is 0 Å². The summed E-state index contributed by atoms with van der Waals surface area (Å²) in [5.41, 5.74) is 3.67. The Kier molecular flexibility index (Phi) is 5.78. The number of halogens is 2. The average Bonchev–Trinajstić information content (AvgIpc) is 3.22. The number of nitrogens with one attached hydrogen (secondary N) is 2. The van der Waals surface area contributed by atoms with Crippen molar-refractivity contribution in [3.8, 4) is 11.4 Å². The van der Waals surface area contributed by atoms with Crippen LogP contribution >= 0.6 is 23.2 Å². The Morgan fingerprint density at radius 2 is 1.87 bits per heavy atom. The number of carbonyl (C=O) groups excluding carboxylic acids is 1. The number of aromatic nitrogens is 2. The molecule has 0 aliphatic carbocycles. The van der Waals surface area contributed by atoms with E-state index in [1.807, 2.05) is 35.2 Å². The maximum absolute atomic E-state index is 12.8. The van der Waals surface area contributed by atoms with Gasteiger partial charge in [-0.3, -0.25) is 4.79 Å². The van der Waals surface area contributed by atoms with Crippen molar-refractivity contribution in [2.45, 2.75) is 25.3 Å². The molecule has 2 aliphatic rings. The molecule has 1 atom stereocenters. The third-order valence-corrected chi connectivity index (χ3v) is 6.78. The highest BCUT2D eigenvalue weighted by atomic mass is 35.5. The van der Waals surface area contributed by atoms with Crippen molar-refractivity contribution in [2.75, 3.05) is 37.6 Å². The first kappa shape index (κ1) is 20.6. The Labute approximate surface area is 191 Å². The van der Waals surface area contributed by atoms with E-state index >= 15 is 0 Å². The van der Waals surface area contributed by atoms with Crippen LogP contribution in [0.1, 0.15) is 19.3 Å². The van der Waals surface area contributed by atoms with E-state index in [2.05, 4.69) is 26.3 Å². The van der Waals surface area contributed by atoms with Gasteiger partial charge in [0.1, 0.15) is 5.82 Å². The van der Waals surface area contributed by atoms with Crippen molar-refractivity contribution in [3.05, 3.63) is 46.4 Å². The van der Waals surface area contributed by atoms with Gasteiger partial charge >= 0.3 is 0 Å². The lowest BCUT2D eigenvalue weighted by atomic mass is 10.0. The summed E-state index contributed by atoms with van der Waals surface area (Å²) in [6, 6.07) is 11.6. The number of piperazine rings is 1. The SMILES string of the molecule is O=C([C@@H]1CCCCN1)N1CCN(c2ccc(Cl)c(-c3nc4ccc(Cl)cc4[nH]3)c2)CC1. The normalized spacial score (nSPS) is 19.7. The van der Waals surface area contributed by atoms with Gasteiger partial charge in [0.2, 0.25) is 5.91 Å². The van der Waals surface area contributed by atoms with E-state index in [1.54, 1.807) is 0 Å². The zero-order valence-corrected chi connectivity index (χ0v) is 18.7. The molecule has 2 aliphatic heterocycles. The number of imidazole rings is 1. The van der Waals surface area contributed by atoms with E-state index in [9.17, 15) is 4.79 Å². The molecular formula is C23H25Cl2N5O. The molecule has 1 aromatic heterocycles. The summed E-state index contributed by atoms with van der Waals surface area (Å²) in [5, 5.41) is 4.68. The molecule has 0 bridgehead atoms. The second kappa shape index (κ2) is 8.69. The zero-order valence-electron chi connectivity index (χ0n) is 17.2. The predicted molar refractivity (Wildman–Crippen MR) is 126 cm³/mol. The topological polar surface area (TPSA) is 64.3 Å². The second-order valence-corrected chi connectivity index (χ2v) is 9.07. The first-order valence-corrected chi connectivity index (χ1v) is 11.6. The maximum atomic E-state index is 12.8. The molecule has 1 amide bonds. The molecule has 2 N–H and O–H groups in total. The van der Waals surface area contributed by atoms with Crippen molar-refractivity contribution in [1.82, 2.24) is 20.2 Å². The fourth-order valence-corrected chi connectivity index (χ4v) is 4.85. The molecule has 2 fully saturated rings. The monoisotopic (exact) mass is 457 g/mol. The van der Waals surface area contributed by atoms with E-state index in [4.69, 9.17) is 23.2 Å². The number of aromatic amines is 1. The van der Waals surface area contributed by atoms with Crippen LogP contribution in [0.2, 0.25) is 10.0 Å². The lowest BCUT2D eigenvalue weighted by Gasteiger charge is -2.38. The van der Waals surface area contributed by atoms with Crippen LogP contribution < -0.4 is 10.2 Å². The first-order chi connectivity index (χ1) is 15.1. The molecule has 2 saturated heterocycles. The molecule has 2 aromatic carbocycles. The molecule has 0 radical (unpaired) electrons. The van der Waals surface area contributed by atoms with Crippen LogP contribution in [0.3, 0.4) is 0 Å². The Morgan fingerprint density at radius 3 is 2.65 bits per heavy atom. The second-order valence-electron chi connectivity index (χ2n) is 8.23. The van der Waals surface area contributed by atoms with Gasteiger partial charge in [0.25, 0.3) is 0 Å². The van der Waals surface area contributed by atoms with Crippen molar-refractivity contribution in [2.24, 2.45) is 0 Å². The molecular weight excluding hydrogens is 433 g/mol. The molecule has 31 heavy (non-hydrogen) atoms. The van der Waals surface area contributed by atoms with E-state index < -0.39 is 0 Å². The van der Waals surface area contributed by atoms with Crippen molar-refractivity contribution in [3.63, 3.8) is 0 Å². The summed E-state index contributed by atoms with van der Waals surface area (Å²) in [4.78, 5) is 25.1. The van der Waals surface area contributed by atoms with Crippen LogP contribution in [0.5, 0.6) is 0 Å².